The Kier molecular flexibility index (Phi) is 28.1. The number of hydrogen-bond acceptors (Lipinski definition) is 25. The SMILES string of the molecule is C=C[C@@H]1C[C@]1(CC(=O)[C@@H]1C[C@@H](Oc2cc(-c3nc(NC(C)C)sc3C)nc3c(Cl)c(OC)ccc23)CN1C(=O)[C@@H](CC(=O)OC1C[C@@H]2C[C@@H]2C1)C(C)(C)C)C(=O)O.CC[C@@H]1C[C@]1(CC(=O)[C@@H]1C[C@@H](Oc2cc(-c3nc(NC(C)C)sc3C)nc3c(Cl)c(OC)ccc23)CN1C(=O)[C@@H](CC(=O)OC1C[C@@H]2C[C@@H]2C1)C(C)(C)C)C(=O)O.Cc1ccc(S(=O)(=O)NN)cc1. The van der Waals surface area contributed by atoms with Crippen LogP contribution >= 0.6 is 45.9 Å². The number of thiazole rings is 2. The molecule has 7 N–H and O–H groups in total. The number of ketones is 2. The quantitative estimate of drug-likeness (QED) is 0.00987. The number of nitrogens with zero attached hydrogens (tertiary/aromatic N) is 6. The fraction of sp³-hybridized carbons (Fsp3) is 0.570. The summed E-state index contributed by atoms with van der Waals surface area (Å²) in [5, 5.41) is 30.5. The maximum atomic E-state index is 14.8. The third kappa shape index (κ3) is 20.8. The molecule has 8 fully saturated rings. The highest BCUT2D eigenvalue weighted by atomic mass is 35.5. The van der Waals surface area contributed by atoms with E-state index in [9.17, 15) is 57.0 Å². The number of anilines is 2. The molecule has 28 nitrogen and oxygen atoms in total. The van der Waals surface area contributed by atoms with Crippen LogP contribution in [0.4, 0.5) is 10.3 Å². The Hall–Kier alpha value is -9.11. The van der Waals surface area contributed by atoms with Crippen LogP contribution in [0.25, 0.3) is 44.6 Å². The summed E-state index contributed by atoms with van der Waals surface area (Å²) in [5.41, 5.74) is 0.548. The maximum absolute atomic E-state index is 14.8. The molecule has 0 bridgehead atoms. The number of carbonyl (C=O) groups is 8. The van der Waals surface area contributed by atoms with Crippen LogP contribution in [-0.2, 0) is 57.9 Å². The first-order valence-electron chi connectivity index (χ1n) is 43.5. The molecule has 126 heavy (non-hydrogen) atoms. The van der Waals surface area contributed by atoms with Crippen molar-refractivity contribution in [2.45, 2.75) is 247 Å². The van der Waals surface area contributed by atoms with Crippen LogP contribution in [0.5, 0.6) is 23.0 Å². The summed E-state index contributed by atoms with van der Waals surface area (Å²) >= 11 is 16.8. The molecule has 2 saturated heterocycles. The fourth-order valence-corrected chi connectivity index (χ4v) is 21.9. The predicted octanol–water partition coefficient (Wildman–Crippen LogP) is 16.6. The number of ether oxygens (including phenoxy) is 6. The molecule has 6 saturated carbocycles. The molecule has 3 aromatic carbocycles. The molecule has 2 amide bonds. The van der Waals surface area contributed by atoms with Crippen LogP contribution in [0.1, 0.15) is 188 Å². The normalized spacial score (nSPS) is 25.4. The van der Waals surface area contributed by atoms with E-state index in [1.165, 1.54) is 71.7 Å². The molecule has 2 aliphatic heterocycles. The standard InChI is InChI=1S/C43H55ClN4O8S.C43H53ClN4O8S.C7H10N2O2S/c2*1-9-25-18-43(25,40(52)53)19-32(49)31-15-27(20-48(31)39(51)29(42(5,6)7)16-35(50)56-26-13-23-12-24(23)14-26)55-34-17-30(37-22(4)57-41(47-37)45-21(2)3)46-38-28(34)10-11-33(54-8)36(38)44;1-6-2-4-7(5-3-6)12(10,11)9-8/h10-11,17,21,23-27,29,31H,9,12-16,18-20H2,1-8H3,(H,45,47)(H,52,53);9-11,17,21,23-27,29,31H,1,12-16,18-20H2,2-8H3,(H,45,47)(H,52,53);2-5,9H,8H2,1H3/t2*23-,24+,25-,26?,27-,29-,31+,43-;/m11./s1. The largest absolute Gasteiger partial charge is 0.495 e. The number of hydrogen-bond donors (Lipinski definition) is 6. The van der Waals surface area contributed by atoms with Crippen LogP contribution in [0.15, 0.2) is 78.2 Å². The number of nitrogens with two attached hydrogens (primary N) is 1. The van der Waals surface area contributed by atoms with Crippen molar-refractivity contribution in [2.24, 2.45) is 74.8 Å². The second-order valence-corrected chi connectivity index (χ2v) is 43.2. The third-order valence-corrected chi connectivity index (χ3v) is 30.1. The number of aromatic nitrogens is 4. The molecule has 8 aliphatic rings. The molecule has 0 spiro atoms. The highest BCUT2D eigenvalue weighted by molar-refractivity contribution is 7.89. The molecule has 16 atom stereocenters. The Balaban J connectivity index is 0.000000190. The van der Waals surface area contributed by atoms with E-state index in [1.807, 2.05) is 109 Å². The van der Waals surface area contributed by atoms with Gasteiger partial charge >= 0.3 is 23.9 Å². The number of pyridine rings is 2. The van der Waals surface area contributed by atoms with E-state index in [1.54, 1.807) is 47.3 Å². The lowest BCUT2D eigenvalue weighted by Crippen LogP contribution is -2.48. The average Bonchev–Trinajstić information content (AvgIpc) is 1.57. The fourth-order valence-electron chi connectivity index (χ4n) is 18.8. The number of sulfonamides is 1. The van der Waals surface area contributed by atoms with Gasteiger partial charge in [-0.2, -0.15) is 4.83 Å². The van der Waals surface area contributed by atoms with Crippen LogP contribution in [0, 0.1) is 89.8 Å². The van der Waals surface area contributed by atoms with Gasteiger partial charge < -0.3 is 59.1 Å². The summed E-state index contributed by atoms with van der Waals surface area (Å²) in [5.74, 6) is 2.82. The van der Waals surface area contributed by atoms with Gasteiger partial charge in [-0.3, -0.25) is 44.2 Å². The van der Waals surface area contributed by atoms with Gasteiger partial charge in [0.05, 0.1) is 102 Å². The van der Waals surface area contributed by atoms with Gasteiger partial charge in [0, 0.05) is 70.4 Å². The summed E-state index contributed by atoms with van der Waals surface area (Å²) in [4.78, 5) is 136. The molecule has 2 unspecified atom stereocenters. The number of methoxy groups -OCH3 is 2. The van der Waals surface area contributed by atoms with E-state index >= 15 is 0 Å². The molecule has 6 aliphatic carbocycles. The summed E-state index contributed by atoms with van der Waals surface area (Å²) in [6.45, 7) is 31.2. The van der Waals surface area contributed by atoms with Gasteiger partial charge in [-0.1, -0.05) is 102 Å². The molecular formula is C93H118Cl2N10O18S3. The minimum absolute atomic E-state index is 0.0367. The summed E-state index contributed by atoms with van der Waals surface area (Å²) < 4.78 is 58.6. The van der Waals surface area contributed by atoms with Crippen molar-refractivity contribution in [3.63, 3.8) is 0 Å². The smallest absolute Gasteiger partial charge is 0.310 e. The minimum atomic E-state index is -3.49. The number of amides is 2. The van der Waals surface area contributed by atoms with Gasteiger partial charge in [0.2, 0.25) is 11.8 Å². The van der Waals surface area contributed by atoms with Crippen LogP contribution in [0.3, 0.4) is 0 Å². The molecule has 6 heterocycles. The third-order valence-electron chi connectivity index (χ3n) is 26.3. The van der Waals surface area contributed by atoms with Gasteiger partial charge in [-0.15, -0.1) is 29.3 Å². The number of likely N-dealkylation sites (tertiary alicyclic amines) is 2. The monoisotopic (exact) mass is 1830 g/mol. The minimum Gasteiger partial charge on any atom is -0.495 e. The predicted molar refractivity (Wildman–Crippen MR) is 483 cm³/mol. The molecule has 7 aromatic rings. The molecule has 15 rings (SSSR count). The first-order valence-corrected chi connectivity index (χ1v) is 47.4. The van der Waals surface area contributed by atoms with Gasteiger partial charge in [0.25, 0.3) is 10.0 Å². The van der Waals surface area contributed by atoms with Gasteiger partial charge in [-0.05, 0) is 183 Å². The number of benzene rings is 3. The molecule has 4 aromatic heterocycles. The second-order valence-electron chi connectivity index (χ2n) is 38.3. The number of carboxylic acid groups (broad SMARTS) is 2. The van der Waals surface area contributed by atoms with Crippen LogP contribution in [0.2, 0.25) is 10.0 Å². The maximum Gasteiger partial charge on any atom is 0.310 e. The van der Waals surface area contributed by atoms with Gasteiger partial charge in [-0.25, -0.2) is 28.4 Å². The van der Waals surface area contributed by atoms with E-state index < -0.39 is 91.7 Å². The Morgan fingerprint density at radius 3 is 1.33 bits per heavy atom. The van der Waals surface area contributed by atoms with Crippen molar-refractivity contribution in [3.8, 4) is 45.8 Å². The van der Waals surface area contributed by atoms with E-state index in [4.69, 9.17) is 77.4 Å². The van der Waals surface area contributed by atoms with Crippen molar-refractivity contribution in [1.29, 1.82) is 0 Å². The lowest BCUT2D eigenvalue weighted by atomic mass is 9.77. The zero-order valence-electron chi connectivity index (χ0n) is 74.5. The first-order chi connectivity index (χ1) is 59.4. The second kappa shape index (κ2) is 37.5. The number of rotatable bonds is 32. The number of fused-ring (bicyclic) bond motifs is 4. The number of Topliss-reactive ketones (excluding diaryl/α,β-unsaturated/α-hetero) is 2. The number of allylic oxidation sites excluding steroid dienone is 1. The number of carbonyl (C=O) groups excluding carboxylic acids is 6. The van der Waals surface area contributed by atoms with E-state index in [0.717, 1.165) is 51.3 Å². The Bertz CT molecular complexity index is 5460. The van der Waals surface area contributed by atoms with Crippen molar-refractivity contribution in [1.82, 2.24) is 34.6 Å². The molecular weight excluding hydrogens is 1710 g/mol. The summed E-state index contributed by atoms with van der Waals surface area (Å²) in [6, 6.07) is 15.6. The van der Waals surface area contributed by atoms with Crippen LogP contribution < -0.4 is 40.3 Å². The Labute approximate surface area is 754 Å². The van der Waals surface area contributed by atoms with E-state index in [-0.39, 0.29) is 116 Å². The number of aryl methyl sites for hydroxylation is 3. The lowest BCUT2D eigenvalue weighted by Gasteiger charge is -2.35. The number of aliphatic carboxylic acids is 2. The number of hydrazine groups is 1. The zero-order valence-corrected chi connectivity index (χ0v) is 78.4. The molecule has 0 radical (unpaired) electrons. The zero-order chi connectivity index (χ0) is 91.5. The van der Waals surface area contributed by atoms with Crippen LogP contribution in [-0.4, -0.2) is 172 Å². The lowest BCUT2D eigenvalue weighted by molar-refractivity contribution is -0.157. The number of halogens is 2. The number of carboxylic acids is 2. The topological polar surface area (TPSA) is 387 Å². The van der Waals surface area contributed by atoms with Crippen molar-refractivity contribution < 1.29 is 85.4 Å². The van der Waals surface area contributed by atoms with E-state index in [2.05, 4.69) is 17.2 Å². The Morgan fingerprint density at radius 2 is 0.992 bits per heavy atom. The van der Waals surface area contributed by atoms with Crippen molar-refractivity contribution in [2.75, 3.05) is 37.9 Å². The molecule has 680 valence electrons. The van der Waals surface area contributed by atoms with Gasteiger partial charge in [0.1, 0.15) is 68.8 Å². The number of esters is 2. The number of nitrogens with one attached hydrogen (secondary N) is 3. The first kappa shape index (κ1) is 94.5. The highest BCUT2D eigenvalue weighted by Gasteiger charge is 2.63. The highest BCUT2D eigenvalue weighted by Crippen LogP contribution is 2.60. The summed E-state index contributed by atoms with van der Waals surface area (Å²) in [6.07, 6.45) is 6.83. The molecule has 33 heteroatoms. The van der Waals surface area contributed by atoms with Gasteiger partial charge in [0.15, 0.2) is 21.8 Å². The van der Waals surface area contributed by atoms with Crippen molar-refractivity contribution >= 4 is 135 Å². The average molecular weight is 1830 g/mol. The van der Waals surface area contributed by atoms with Crippen molar-refractivity contribution in [3.05, 3.63) is 98.7 Å². The summed E-state index contributed by atoms with van der Waals surface area (Å²) in [7, 11) is -0.428. The van der Waals surface area contributed by atoms with E-state index in [0.29, 0.717) is 121 Å². The Morgan fingerprint density at radius 1 is 0.587 bits per heavy atom.